The van der Waals surface area contributed by atoms with Gasteiger partial charge in [-0.3, -0.25) is 0 Å². The van der Waals surface area contributed by atoms with E-state index < -0.39 is 8.07 Å². The fourth-order valence-electron chi connectivity index (χ4n) is 3.62. The van der Waals surface area contributed by atoms with E-state index in [-0.39, 0.29) is 0 Å². The molecule has 24 heavy (non-hydrogen) atoms. The van der Waals surface area contributed by atoms with Crippen LogP contribution in [-0.2, 0) is 0 Å². The number of benzene rings is 3. The van der Waals surface area contributed by atoms with Crippen molar-refractivity contribution in [2.24, 2.45) is 0 Å². The Bertz CT molecular complexity index is 903. The maximum atomic E-state index is 7.16. The smallest absolute Gasteiger partial charge is 0.187 e. The summed E-state index contributed by atoms with van der Waals surface area (Å²) in [6.07, 6.45) is 0. The summed E-state index contributed by atoms with van der Waals surface area (Å²) in [4.78, 5) is 5.84. The van der Waals surface area contributed by atoms with Gasteiger partial charge >= 0.3 is 0 Å². The second-order valence-electron chi connectivity index (χ2n) is 6.62. The fourth-order valence-corrected chi connectivity index (χ4v) is 6.61. The number of hydrogen-bond donors (Lipinski definition) is 0. The predicted octanol–water partition coefficient (Wildman–Crippen LogP) is 4.84. The van der Waals surface area contributed by atoms with Gasteiger partial charge in [0.25, 0.3) is 0 Å². The molecule has 4 rings (SSSR count). The first-order valence-electron chi connectivity index (χ1n) is 8.09. The molecule has 0 radical (unpaired) electrons. The molecule has 0 aliphatic carbocycles. The second kappa shape index (κ2) is 5.36. The first kappa shape index (κ1) is 14.7. The lowest BCUT2D eigenvalue weighted by Gasteiger charge is -2.41. The lowest BCUT2D eigenvalue weighted by atomic mass is 10.1. The highest BCUT2D eigenvalue weighted by atomic mass is 28.3. The van der Waals surface area contributed by atoms with Gasteiger partial charge < -0.3 is 4.90 Å². The molecule has 1 aliphatic rings. The van der Waals surface area contributed by atoms with Crippen LogP contribution in [0, 0.1) is 6.57 Å². The summed E-state index contributed by atoms with van der Waals surface area (Å²) in [6.45, 7) is 12.0. The van der Waals surface area contributed by atoms with Crippen LogP contribution in [0.25, 0.3) is 4.85 Å². The predicted molar refractivity (Wildman–Crippen MR) is 104 cm³/mol. The molecule has 0 bridgehead atoms. The van der Waals surface area contributed by atoms with Crippen LogP contribution < -0.4 is 15.3 Å². The third-order valence-corrected chi connectivity index (χ3v) is 8.41. The lowest BCUT2D eigenvalue weighted by Crippen LogP contribution is -2.58. The first-order valence-corrected chi connectivity index (χ1v) is 11.1. The van der Waals surface area contributed by atoms with Crippen LogP contribution >= 0.6 is 0 Å². The lowest BCUT2D eigenvalue weighted by molar-refractivity contribution is 1.29. The average molecular weight is 326 g/mol. The third-order valence-electron chi connectivity index (χ3n) is 4.87. The third kappa shape index (κ3) is 2.08. The van der Waals surface area contributed by atoms with Crippen molar-refractivity contribution in [1.29, 1.82) is 0 Å². The summed E-state index contributed by atoms with van der Waals surface area (Å²) in [6, 6.07) is 25.3. The molecule has 0 fully saturated rings. The number of anilines is 3. The fraction of sp³-hybridized carbons (Fsp3) is 0.0952. The highest BCUT2D eigenvalue weighted by Gasteiger charge is 2.37. The molecule has 0 spiro atoms. The number of hydrogen-bond acceptors (Lipinski definition) is 1. The van der Waals surface area contributed by atoms with Gasteiger partial charge in [-0.25, -0.2) is 4.85 Å². The van der Waals surface area contributed by atoms with Crippen LogP contribution in [0.2, 0.25) is 13.1 Å². The quantitative estimate of drug-likeness (QED) is 0.458. The van der Waals surface area contributed by atoms with Crippen LogP contribution in [0.15, 0.2) is 72.8 Å². The number of fused-ring (bicyclic) bond motifs is 2. The van der Waals surface area contributed by atoms with E-state index in [1.807, 2.05) is 24.3 Å². The SMILES string of the molecule is [C-]#[N+]c1ccc(N2c3ccccc3[Si](C)(C)c3ccccc32)cc1. The Kier molecular flexibility index (Phi) is 3.29. The van der Waals surface area contributed by atoms with Gasteiger partial charge in [-0.05, 0) is 34.6 Å². The zero-order valence-electron chi connectivity index (χ0n) is 13.8. The highest BCUT2D eigenvalue weighted by Crippen LogP contribution is 2.38. The Morgan fingerprint density at radius 2 is 1.25 bits per heavy atom. The number of nitrogens with zero attached hydrogens (tertiary/aromatic N) is 2. The molecule has 0 saturated carbocycles. The minimum atomic E-state index is -1.71. The Hall–Kier alpha value is -2.83. The van der Waals surface area contributed by atoms with Crippen LogP contribution in [0.5, 0.6) is 0 Å². The summed E-state index contributed by atoms with van der Waals surface area (Å²) in [5.41, 5.74) is 4.31. The molecule has 1 aliphatic heterocycles. The molecule has 0 saturated heterocycles. The topological polar surface area (TPSA) is 7.60 Å². The Balaban J connectivity index is 1.99. The molecule has 1 heterocycles. The molecule has 0 amide bonds. The van der Waals surface area contributed by atoms with Crippen molar-refractivity contribution < 1.29 is 0 Å². The van der Waals surface area contributed by atoms with Gasteiger partial charge in [0.05, 0.1) is 6.57 Å². The van der Waals surface area contributed by atoms with Crippen LogP contribution in [0.3, 0.4) is 0 Å². The highest BCUT2D eigenvalue weighted by molar-refractivity contribution is 7.02. The van der Waals surface area contributed by atoms with Crippen molar-refractivity contribution in [2.45, 2.75) is 13.1 Å². The Morgan fingerprint density at radius 3 is 1.75 bits per heavy atom. The maximum Gasteiger partial charge on any atom is 0.187 e. The molecule has 3 aromatic carbocycles. The van der Waals surface area contributed by atoms with Crippen LogP contribution in [-0.4, -0.2) is 8.07 Å². The van der Waals surface area contributed by atoms with E-state index in [0.29, 0.717) is 5.69 Å². The van der Waals surface area contributed by atoms with Gasteiger partial charge in [0.1, 0.15) is 8.07 Å². The molecule has 0 aromatic heterocycles. The zero-order valence-corrected chi connectivity index (χ0v) is 14.8. The van der Waals surface area contributed by atoms with Crippen molar-refractivity contribution in [3.05, 3.63) is 84.2 Å². The van der Waals surface area contributed by atoms with Gasteiger partial charge in [-0.2, -0.15) is 0 Å². The Labute approximate surface area is 143 Å². The van der Waals surface area contributed by atoms with E-state index >= 15 is 0 Å². The van der Waals surface area contributed by atoms with Gasteiger partial charge in [-0.15, -0.1) is 0 Å². The largest absolute Gasteiger partial charge is 0.311 e. The summed E-state index contributed by atoms with van der Waals surface area (Å²) < 4.78 is 0. The molecule has 2 nitrogen and oxygen atoms in total. The van der Waals surface area contributed by atoms with E-state index in [0.717, 1.165) is 5.69 Å². The first-order chi connectivity index (χ1) is 11.6. The number of rotatable bonds is 1. The average Bonchev–Trinajstić information content (AvgIpc) is 2.63. The Morgan fingerprint density at radius 1 is 0.750 bits per heavy atom. The second-order valence-corrected chi connectivity index (χ2v) is 11.0. The van der Waals surface area contributed by atoms with E-state index in [1.54, 1.807) is 0 Å². The van der Waals surface area contributed by atoms with Gasteiger partial charge in [-0.1, -0.05) is 61.6 Å². The minimum Gasteiger partial charge on any atom is -0.311 e. The summed E-state index contributed by atoms with van der Waals surface area (Å²) in [5, 5.41) is 2.91. The van der Waals surface area contributed by atoms with Crippen molar-refractivity contribution in [1.82, 2.24) is 0 Å². The minimum absolute atomic E-state index is 0.673. The van der Waals surface area contributed by atoms with Crippen molar-refractivity contribution in [3.63, 3.8) is 0 Å². The van der Waals surface area contributed by atoms with E-state index in [2.05, 4.69) is 71.4 Å². The normalized spacial score (nSPS) is 14.5. The van der Waals surface area contributed by atoms with Gasteiger partial charge in [0, 0.05) is 17.1 Å². The standard InChI is InChI=1S/C21H18N2Si/c1-22-16-12-14-17(15-13-16)23-18-8-4-6-10-20(18)24(2,3)21-11-7-5-9-19(21)23/h4-15H,2-3H3. The van der Waals surface area contributed by atoms with Gasteiger partial charge in [0.2, 0.25) is 0 Å². The molecule has 0 atom stereocenters. The van der Waals surface area contributed by atoms with E-state index in [4.69, 9.17) is 6.57 Å². The van der Waals surface area contributed by atoms with Crippen molar-refractivity contribution >= 4 is 41.2 Å². The van der Waals surface area contributed by atoms with Gasteiger partial charge in [0.15, 0.2) is 5.69 Å². The van der Waals surface area contributed by atoms with Crippen LogP contribution in [0.1, 0.15) is 0 Å². The maximum absolute atomic E-state index is 7.16. The molecule has 116 valence electrons. The zero-order chi connectivity index (χ0) is 16.7. The number of para-hydroxylation sites is 2. The monoisotopic (exact) mass is 326 g/mol. The molecule has 0 unspecified atom stereocenters. The van der Waals surface area contributed by atoms with Crippen LogP contribution in [0.4, 0.5) is 22.7 Å². The van der Waals surface area contributed by atoms with Crippen molar-refractivity contribution in [2.75, 3.05) is 4.90 Å². The molecular weight excluding hydrogens is 308 g/mol. The van der Waals surface area contributed by atoms with E-state index in [1.165, 1.54) is 21.7 Å². The summed E-state index contributed by atoms with van der Waals surface area (Å²) >= 11 is 0. The molecule has 3 aromatic rings. The molecule has 3 heteroatoms. The molecular formula is C21H18N2Si. The summed E-state index contributed by atoms with van der Waals surface area (Å²) in [7, 11) is -1.71. The van der Waals surface area contributed by atoms with E-state index in [9.17, 15) is 0 Å². The molecule has 0 N–H and O–H groups in total. The van der Waals surface area contributed by atoms with Crippen molar-refractivity contribution in [3.8, 4) is 0 Å². The summed E-state index contributed by atoms with van der Waals surface area (Å²) in [5.74, 6) is 0.